The summed E-state index contributed by atoms with van der Waals surface area (Å²) in [6, 6.07) is 6.98. The fraction of sp³-hybridized carbons (Fsp3) is 0.318. The predicted molar refractivity (Wildman–Crippen MR) is 111 cm³/mol. The highest BCUT2D eigenvalue weighted by atomic mass is 19.2. The number of amides is 4. The largest absolute Gasteiger partial charge is 0.494 e. The Balaban J connectivity index is 1.78. The number of rotatable bonds is 8. The van der Waals surface area contributed by atoms with Gasteiger partial charge in [-0.05, 0) is 50.6 Å². The van der Waals surface area contributed by atoms with Crippen LogP contribution in [-0.2, 0) is 15.1 Å². The molecule has 2 aromatic rings. The quantitative estimate of drug-likeness (QED) is 0.606. The Labute approximate surface area is 183 Å². The van der Waals surface area contributed by atoms with Crippen molar-refractivity contribution in [2.24, 2.45) is 0 Å². The first kappa shape index (κ1) is 23.0. The van der Waals surface area contributed by atoms with E-state index in [2.05, 4.69) is 10.6 Å². The summed E-state index contributed by atoms with van der Waals surface area (Å²) >= 11 is 0. The molecular weight excluding hydrogens is 424 g/mol. The fourth-order valence-corrected chi connectivity index (χ4v) is 3.32. The summed E-state index contributed by atoms with van der Waals surface area (Å²) in [5, 5.41) is 5.06. The minimum absolute atomic E-state index is 0.0562. The molecule has 0 aromatic heterocycles. The number of anilines is 1. The van der Waals surface area contributed by atoms with Gasteiger partial charge >= 0.3 is 6.03 Å². The van der Waals surface area contributed by atoms with E-state index < -0.39 is 41.6 Å². The zero-order valence-electron chi connectivity index (χ0n) is 17.8. The average molecular weight is 447 g/mol. The smallest absolute Gasteiger partial charge is 0.325 e. The molecule has 0 radical (unpaired) electrons. The number of hydrogen-bond acceptors (Lipinski definition) is 5. The molecule has 10 heteroatoms. The molecule has 1 aliphatic rings. The van der Waals surface area contributed by atoms with Crippen molar-refractivity contribution in [3.63, 3.8) is 0 Å². The molecule has 1 atom stereocenters. The van der Waals surface area contributed by atoms with Gasteiger partial charge < -0.3 is 20.1 Å². The van der Waals surface area contributed by atoms with E-state index in [-0.39, 0.29) is 5.56 Å². The summed E-state index contributed by atoms with van der Waals surface area (Å²) in [6.45, 7) is 5.15. The van der Waals surface area contributed by atoms with Gasteiger partial charge in [0.2, 0.25) is 5.91 Å². The number of halogens is 2. The Morgan fingerprint density at radius 2 is 1.78 bits per heavy atom. The van der Waals surface area contributed by atoms with E-state index in [0.29, 0.717) is 35.3 Å². The predicted octanol–water partition coefficient (Wildman–Crippen LogP) is 3.17. The maximum absolute atomic E-state index is 13.7. The molecule has 4 amide bonds. The van der Waals surface area contributed by atoms with Crippen molar-refractivity contribution in [2.75, 3.05) is 25.1 Å². The SMILES string of the molecule is CCOc1ccc(OCC)c(NC(=O)CN2C(=O)NC(C)(c3ccc(F)c(F)c3)C2=O)c1. The molecule has 1 heterocycles. The van der Waals surface area contributed by atoms with Crippen molar-refractivity contribution in [1.82, 2.24) is 10.2 Å². The molecule has 2 N–H and O–H groups in total. The average Bonchev–Trinajstić information content (AvgIpc) is 2.96. The van der Waals surface area contributed by atoms with Crippen LogP contribution < -0.4 is 20.1 Å². The van der Waals surface area contributed by atoms with Gasteiger partial charge in [0, 0.05) is 6.07 Å². The summed E-state index contributed by atoms with van der Waals surface area (Å²) in [7, 11) is 0. The Morgan fingerprint density at radius 1 is 1.06 bits per heavy atom. The Hall–Kier alpha value is -3.69. The van der Waals surface area contributed by atoms with Gasteiger partial charge in [0.25, 0.3) is 5.91 Å². The lowest BCUT2D eigenvalue weighted by Gasteiger charge is -2.22. The zero-order chi connectivity index (χ0) is 23.5. The fourth-order valence-electron chi connectivity index (χ4n) is 3.32. The van der Waals surface area contributed by atoms with E-state index in [9.17, 15) is 23.2 Å². The number of carbonyl (C=O) groups is 3. The number of carbonyl (C=O) groups excluding carboxylic acids is 3. The van der Waals surface area contributed by atoms with Gasteiger partial charge in [0.05, 0.1) is 18.9 Å². The number of benzene rings is 2. The highest BCUT2D eigenvalue weighted by Gasteiger charge is 2.49. The Kier molecular flexibility index (Phi) is 6.61. The molecule has 0 bridgehead atoms. The van der Waals surface area contributed by atoms with Gasteiger partial charge in [-0.25, -0.2) is 13.6 Å². The molecule has 1 fully saturated rings. The number of imide groups is 1. The standard InChI is InChI=1S/C22H23F2N3O5/c1-4-31-14-7-9-18(32-5-2)17(11-14)25-19(28)12-27-20(29)22(3,26-21(27)30)13-6-8-15(23)16(24)10-13/h6-11H,4-5,12H2,1-3H3,(H,25,28)(H,26,30). The summed E-state index contributed by atoms with van der Waals surface area (Å²) in [4.78, 5) is 38.7. The van der Waals surface area contributed by atoms with Crippen LogP contribution in [0.5, 0.6) is 11.5 Å². The summed E-state index contributed by atoms with van der Waals surface area (Å²) in [5.41, 5.74) is -1.27. The highest BCUT2D eigenvalue weighted by Crippen LogP contribution is 2.31. The van der Waals surface area contributed by atoms with Gasteiger partial charge in [-0.3, -0.25) is 14.5 Å². The molecule has 2 aromatic carbocycles. The van der Waals surface area contributed by atoms with Crippen LogP contribution in [-0.4, -0.2) is 42.5 Å². The maximum Gasteiger partial charge on any atom is 0.325 e. The van der Waals surface area contributed by atoms with Gasteiger partial charge in [-0.15, -0.1) is 0 Å². The molecule has 0 spiro atoms. The third-order valence-corrected chi connectivity index (χ3v) is 4.91. The Bertz CT molecular complexity index is 1060. The van der Waals surface area contributed by atoms with Gasteiger partial charge in [-0.1, -0.05) is 6.07 Å². The van der Waals surface area contributed by atoms with Crippen LogP contribution in [0.2, 0.25) is 0 Å². The van der Waals surface area contributed by atoms with E-state index in [1.165, 1.54) is 13.0 Å². The van der Waals surface area contributed by atoms with Crippen LogP contribution in [0, 0.1) is 11.6 Å². The number of hydrogen-bond donors (Lipinski definition) is 2. The third-order valence-electron chi connectivity index (χ3n) is 4.91. The first-order chi connectivity index (χ1) is 15.2. The van der Waals surface area contributed by atoms with E-state index in [4.69, 9.17) is 9.47 Å². The lowest BCUT2D eigenvalue weighted by atomic mass is 9.92. The molecule has 0 saturated carbocycles. The molecule has 1 aliphatic heterocycles. The van der Waals surface area contributed by atoms with Crippen molar-refractivity contribution in [3.05, 3.63) is 53.6 Å². The van der Waals surface area contributed by atoms with Gasteiger partial charge in [0.1, 0.15) is 23.6 Å². The summed E-state index contributed by atoms with van der Waals surface area (Å²) in [5.74, 6) is -2.75. The maximum atomic E-state index is 13.7. The number of nitrogens with zero attached hydrogens (tertiary/aromatic N) is 1. The third kappa shape index (κ3) is 4.48. The second kappa shape index (κ2) is 9.21. The van der Waals surface area contributed by atoms with Crippen LogP contribution in [0.25, 0.3) is 0 Å². The lowest BCUT2D eigenvalue weighted by Crippen LogP contribution is -2.42. The minimum atomic E-state index is -1.64. The van der Waals surface area contributed by atoms with Crippen molar-refractivity contribution in [2.45, 2.75) is 26.3 Å². The van der Waals surface area contributed by atoms with Crippen molar-refractivity contribution in [1.29, 1.82) is 0 Å². The number of nitrogens with one attached hydrogen (secondary N) is 2. The Morgan fingerprint density at radius 3 is 2.44 bits per heavy atom. The van der Waals surface area contributed by atoms with E-state index in [0.717, 1.165) is 12.1 Å². The summed E-state index contributed by atoms with van der Waals surface area (Å²) in [6.07, 6.45) is 0. The van der Waals surface area contributed by atoms with Crippen LogP contribution >= 0.6 is 0 Å². The lowest BCUT2D eigenvalue weighted by molar-refractivity contribution is -0.133. The van der Waals surface area contributed by atoms with E-state index in [1.807, 2.05) is 6.92 Å². The molecule has 32 heavy (non-hydrogen) atoms. The van der Waals surface area contributed by atoms with Crippen LogP contribution in [0.3, 0.4) is 0 Å². The van der Waals surface area contributed by atoms with E-state index in [1.54, 1.807) is 25.1 Å². The molecule has 0 aliphatic carbocycles. The number of ether oxygens (including phenoxy) is 2. The van der Waals surface area contributed by atoms with Crippen molar-refractivity contribution < 1.29 is 32.6 Å². The normalized spacial score (nSPS) is 17.8. The molecule has 1 unspecified atom stereocenters. The first-order valence-corrected chi connectivity index (χ1v) is 9.98. The first-order valence-electron chi connectivity index (χ1n) is 9.98. The molecule has 1 saturated heterocycles. The van der Waals surface area contributed by atoms with Gasteiger partial charge in [0.15, 0.2) is 11.6 Å². The molecule has 8 nitrogen and oxygen atoms in total. The van der Waals surface area contributed by atoms with Gasteiger partial charge in [-0.2, -0.15) is 0 Å². The number of urea groups is 1. The van der Waals surface area contributed by atoms with Crippen LogP contribution in [0.4, 0.5) is 19.3 Å². The van der Waals surface area contributed by atoms with Crippen molar-refractivity contribution >= 4 is 23.5 Å². The van der Waals surface area contributed by atoms with Crippen molar-refractivity contribution in [3.8, 4) is 11.5 Å². The second-order valence-electron chi connectivity index (χ2n) is 7.15. The molecule has 3 rings (SSSR count). The monoisotopic (exact) mass is 447 g/mol. The topological polar surface area (TPSA) is 97.0 Å². The molecular formula is C22H23F2N3O5. The summed E-state index contributed by atoms with van der Waals surface area (Å²) < 4.78 is 37.9. The minimum Gasteiger partial charge on any atom is -0.494 e. The van der Waals surface area contributed by atoms with Crippen LogP contribution in [0.1, 0.15) is 26.3 Å². The zero-order valence-corrected chi connectivity index (χ0v) is 17.8. The highest BCUT2D eigenvalue weighted by molar-refractivity contribution is 6.10. The van der Waals surface area contributed by atoms with Crippen LogP contribution in [0.15, 0.2) is 36.4 Å². The molecule has 170 valence electrons. The van der Waals surface area contributed by atoms with E-state index >= 15 is 0 Å². The second-order valence-corrected chi connectivity index (χ2v) is 7.15.